The van der Waals surface area contributed by atoms with E-state index < -0.39 is 6.10 Å². The van der Waals surface area contributed by atoms with Gasteiger partial charge in [0.1, 0.15) is 18.5 Å². The number of carbonyl (C=O) groups is 1. The lowest BCUT2D eigenvalue weighted by atomic mass is 9.77. The zero-order valence-corrected chi connectivity index (χ0v) is 22.4. The summed E-state index contributed by atoms with van der Waals surface area (Å²) in [4.78, 5) is 11.8. The molecular weight excluding hydrogens is 479 g/mol. The monoisotopic (exact) mass is 518 g/mol. The van der Waals surface area contributed by atoms with Crippen molar-refractivity contribution in [3.8, 4) is 5.75 Å². The molecular formula is C31H39BO6. The molecule has 1 aliphatic heterocycles. The number of carbonyl (C=O) groups excluding carboxylic acids is 1. The molecule has 1 saturated heterocycles. The molecule has 2 bridgehead atoms. The summed E-state index contributed by atoms with van der Waals surface area (Å²) in [6.45, 7) is 3.92. The molecule has 4 rings (SSSR count). The first-order valence-corrected chi connectivity index (χ1v) is 13.7. The molecule has 1 N–H and O–H groups in total. The van der Waals surface area contributed by atoms with Crippen molar-refractivity contribution in [3.63, 3.8) is 0 Å². The maximum Gasteiger partial charge on any atom is 0.494 e. The van der Waals surface area contributed by atoms with E-state index in [4.69, 9.17) is 18.8 Å². The van der Waals surface area contributed by atoms with E-state index in [1.165, 1.54) is 0 Å². The largest absolute Gasteiger partial charge is 0.494 e. The van der Waals surface area contributed by atoms with Crippen molar-refractivity contribution >= 4 is 18.6 Å². The Morgan fingerprint density at radius 2 is 1.76 bits per heavy atom. The molecule has 0 radical (unpaired) electrons. The summed E-state index contributed by atoms with van der Waals surface area (Å²) in [7, 11) is -0.386. The molecule has 2 aromatic rings. The van der Waals surface area contributed by atoms with E-state index in [2.05, 4.69) is 18.2 Å². The molecule has 1 saturated carbocycles. The van der Waals surface area contributed by atoms with Crippen LogP contribution < -0.4 is 10.2 Å². The average Bonchev–Trinajstić information content (AvgIpc) is 3.16. The minimum atomic E-state index is -0.719. The van der Waals surface area contributed by atoms with Crippen LogP contribution in [0.25, 0.3) is 0 Å². The number of hydrogen-bond acceptors (Lipinski definition) is 6. The molecule has 6 nitrogen and oxygen atoms in total. The van der Waals surface area contributed by atoms with Crippen LogP contribution in [0.2, 0.25) is 0 Å². The Morgan fingerprint density at radius 1 is 1.05 bits per heavy atom. The Kier molecular flexibility index (Phi) is 10.6. The van der Waals surface area contributed by atoms with Crippen molar-refractivity contribution < 1.29 is 28.7 Å². The number of ether oxygens (including phenoxy) is 2. The van der Waals surface area contributed by atoms with Gasteiger partial charge in [0.15, 0.2) is 0 Å². The van der Waals surface area contributed by atoms with E-state index >= 15 is 0 Å². The van der Waals surface area contributed by atoms with Gasteiger partial charge in [-0.1, -0.05) is 72.8 Å². The zero-order valence-electron chi connectivity index (χ0n) is 22.4. The van der Waals surface area contributed by atoms with Crippen molar-refractivity contribution in [1.82, 2.24) is 0 Å². The van der Waals surface area contributed by atoms with Gasteiger partial charge in [-0.15, -0.1) is 0 Å². The number of esters is 1. The second-order valence-electron chi connectivity index (χ2n) is 10.3. The molecule has 2 fully saturated rings. The topological polar surface area (TPSA) is 74.2 Å². The molecule has 0 amide bonds. The number of para-hydroxylation sites is 1. The van der Waals surface area contributed by atoms with Crippen LogP contribution in [0.5, 0.6) is 5.75 Å². The summed E-state index contributed by atoms with van der Waals surface area (Å²) < 4.78 is 23.7. The fraction of sp³-hybridized carbons (Fsp3) is 0.452. The third-order valence-corrected chi connectivity index (χ3v) is 6.95. The van der Waals surface area contributed by atoms with Gasteiger partial charge in [-0.25, -0.2) is 0 Å². The molecule has 0 aromatic heterocycles. The molecule has 1 heterocycles. The van der Waals surface area contributed by atoms with Crippen LogP contribution in [0.3, 0.4) is 0 Å². The van der Waals surface area contributed by atoms with E-state index in [9.17, 15) is 9.90 Å². The molecule has 1 aliphatic carbocycles. The predicted molar refractivity (Wildman–Crippen MR) is 149 cm³/mol. The highest BCUT2D eigenvalue weighted by Crippen LogP contribution is 2.43. The van der Waals surface area contributed by atoms with Crippen LogP contribution in [-0.2, 0) is 18.8 Å². The lowest BCUT2D eigenvalue weighted by Crippen LogP contribution is -2.45. The number of unbranched alkanes of at least 4 members (excludes halogenated alkanes) is 1. The quantitative estimate of drug-likeness (QED) is 0.177. The summed E-state index contributed by atoms with van der Waals surface area (Å²) in [5, 5.41) is 10.6. The van der Waals surface area contributed by atoms with Gasteiger partial charge in [0, 0.05) is 18.4 Å². The normalized spacial score (nSPS) is 23.8. The van der Waals surface area contributed by atoms with Crippen molar-refractivity contribution in [2.45, 2.75) is 70.4 Å². The molecule has 38 heavy (non-hydrogen) atoms. The average molecular weight is 518 g/mol. The van der Waals surface area contributed by atoms with Crippen LogP contribution in [0.1, 0.15) is 46.0 Å². The summed E-state index contributed by atoms with van der Waals surface area (Å²) in [5.74, 6) is 0.940. The summed E-state index contributed by atoms with van der Waals surface area (Å²) in [6.07, 6.45) is 11.2. The van der Waals surface area contributed by atoms with Gasteiger partial charge in [0.25, 0.3) is 0 Å². The fourth-order valence-electron chi connectivity index (χ4n) is 5.15. The Morgan fingerprint density at radius 3 is 2.50 bits per heavy atom. The van der Waals surface area contributed by atoms with Crippen LogP contribution in [-0.4, -0.2) is 49.2 Å². The van der Waals surface area contributed by atoms with Gasteiger partial charge in [-0.05, 0) is 63.0 Å². The van der Waals surface area contributed by atoms with E-state index in [0.717, 1.165) is 36.9 Å². The molecule has 2 aromatic carbocycles. The fourth-order valence-corrected chi connectivity index (χ4v) is 5.15. The molecule has 202 valence electrons. The Bertz CT molecular complexity index is 1040. The number of rotatable bonds is 13. The Balaban J connectivity index is 1.36. The van der Waals surface area contributed by atoms with E-state index in [-0.39, 0.29) is 49.8 Å². The highest BCUT2D eigenvalue weighted by atomic mass is 16.6. The van der Waals surface area contributed by atoms with Gasteiger partial charge in [-0.2, -0.15) is 0 Å². The van der Waals surface area contributed by atoms with Gasteiger partial charge in [0.2, 0.25) is 0 Å². The van der Waals surface area contributed by atoms with E-state index in [1.807, 2.05) is 80.6 Å². The number of aliphatic hydroxyl groups is 1. The lowest BCUT2D eigenvalue weighted by molar-refractivity contribution is -0.147. The summed E-state index contributed by atoms with van der Waals surface area (Å²) in [5.41, 5.74) is 1.02. The summed E-state index contributed by atoms with van der Waals surface area (Å²) >= 11 is 0. The third-order valence-electron chi connectivity index (χ3n) is 6.95. The first-order chi connectivity index (χ1) is 18.5. The van der Waals surface area contributed by atoms with E-state index in [1.54, 1.807) is 0 Å². The molecule has 0 spiro atoms. The van der Waals surface area contributed by atoms with Gasteiger partial charge in [0.05, 0.1) is 12.2 Å². The molecule has 5 atom stereocenters. The minimum absolute atomic E-state index is 0.0154. The predicted octanol–water partition coefficient (Wildman–Crippen LogP) is 4.87. The zero-order chi connectivity index (χ0) is 26.7. The standard InChI is InChI=1S/C31H39BO6/c1-23(2)36-31(34)18-12-4-3-11-17-27-28(20-19-25(33)22-35-26-15-9-6-10-16-26)30-21-29(27)37-32(38-30)24-13-7-5-8-14-24/h3,5-11,13-16,19-20,23,25,27-30,33H,4,12,17-18,21-22H2,1-2H3/t25?,27-,28+,29-,30-/m1/s1. The summed E-state index contributed by atoms with van der Waals surface area (Å²) in [6, 6.07) is 19.5. The van der Waals surface area contributed by atoms with E-state index in [0.29, 0.717) is 6.42 Å². The second kappa shape index (κ2) is 14.3. The lowest BCUT2D eigenvalue weighted by Gasteiger charge is -2.28. The van der Waals surface area contributed by atoms with Crippen LogP contribution in [0.15, 0.2) is 85.0 Å². The van der Waals surface area contributed by atoms with Crippen molar-refractivity contribution in [2.75, 3.05) is 6.61 Å². The Labute approximate surface area is 226 Å². The number of hydrogen-bond donors (Lipinski definition) is 1. The highest BCUT2D eigenvalue weighted by Gasteiger charge is 2.50. The highest BCUT2D eigenvalue weighted by molar-refractivity contribution is 6.61. The SMILES string of the molecule is CC(C)OC(=O)CCCC=CC[C@@H]1[C@H](C=CC(O)COc2ccccc2)[C@H]2C[C@H]1OB(c1ccccc1)O2. The molecule has 1 unspecified atom stereocenters. The third kappa shape index (κ3) is 8.32. The molecule has 2 aliphatic rings. The molecule has 7 heteroatoms. The first-order valence-electron chi connectivity index (χ1n) is 13.7. The van der Waals surface area contributed by atoms with Crippen LogP contribution in [0.4, 0.5) is 0 Å². The second-order valence-corrected chi connectivity index (χ2v) is 10.3. The number of allylic oxidation sites excluding steroid dienone is 2. The smallest absolute Gasteiger partial charge is 0.491 e. The van der Waals surface area contributed by atoms with Crippen molar-refractivity contribution in [2.24, 2.45) is 11.8 Å². The van der Waals surface area contributed by atoms with Crippen LogP contribution in [0, 0.1) is 11.8 Å². The number of benzene rings is 2. The van der Waals surface area contributed by atoms with Crippen LogP contribution >= 0.6 is 0 Å². The van der Waals surface area contributed by atoms with Gasteiger partial charge < -0.3 is 23.9 Å². The number of fused-ring (bicyclic) bond motifs is 2. The number of aliphatic hydroxyl groups excluding tert-OH is 1. The Hall–Kier alpha value is -2.87. The van der Waals surface area contributed by atoms with Gasteiger partial charge in [-0.3, -0.25) is 4.79 Å². The maximum absolute atomic E-state index is 11.8. The maximum atomic E-state index is 11.8. The first kappa shape index (κ1) is 28.2. The van der Waals surface area contributed by atoms with Crippen molar-refractivity contribution in [3.05, 3.63) is 85.0 Å². The minimum Gasteiger partial charge on any atom is -0.491 e. The van der Waals surface area contributed by atoms with Gasteiger partial charge >= 0.3 is 13.1 Å². The van der Waals surface area contributed by atoms with Crippen molar-refractivity contribution in [1.29, 1.82) is 0 Å².